The second-order valence-electron chi connectivity index (χ2n) is 4.52. The molecule has 0 saturated carbocycles. The van der Waals surface area contributed by atoms with Crippen molar-refractivity contribution < 1.29 is 0 Å². The molecule has 1 aliphatic rings. The second kappa shape index (κ2) is 5.25. The standard InChI is InChI=1S/C12H10BN8.CH4/c1-5-14-18(9-1)13(19-10-2-6-15-19,20-11-3-7-16-20)21-12-4-8-17-21;/h1-3,5-7,9-12H;1H4/q-1;. The lowest BCUT2D eigenvalue weighted by atomic mass is 9.74. The minimum Gasteiger partial charge on any atom is -0.379 e. The zero-order chi connectivity index (χ0) is 14.1. The van der Waals surface area contributed by atoms with Crippen molar-refractivity contribution in [2.24, 2.45) is 5.10 Å². The van der Waals surface area contributed by atoms with Crippen molar-refractivity contribution >= 4 is 12.6 Å². The minimum atomic E-state index is -1.90. The lowest BCUT2D eigenvalue weighted by molar-refractivity contribution is 0.504. The Hall–Kier alpha value is -3.28. The average Bonchev–Trinajstić information content (AvgIpc) is 3.32. The van der Waals surface area contributed by atoms with Gasteiger partial charge in [-0.3, -0.25) is 0 Å². The molecule has 0 bridgehead atoms. The molecule has 22 heavy (non-hydrogen) atoms. The number of hydrogen-bond acceptors (Lipinski definition) is 5. The molecule has 1 aliphatic heterocycles. The first-order valence-electron chi connectivity index (χ1n) is 6.40. The largest absolute Gasteiger partial charge is 0.467 e. The van der Waals surface area contributed by atoms with Crippen molar-refractivity contribution in [3.05, 3.63) is 67.3 Å². The highest BCUT2D eigenvalue weighted by Crippen LogP contribution is 2.18. The van der Waals surface area contributed by atoms with E-state index in [1.54, 1.807) is 43.5 Å². The van der Waals surface area contributed by atoms with E-state index in [2.05, 4.69) is 32.0 Å². The highest BCUT2D eigenvalue weighted by Gasteiger charge is 2.41. The van der Waals surface area contributed by atoms with Gasteiger partial charge in [0.1, 0.15) is 0 Å². The van der Waals surface area contributed by atoms with Crippen LogP contribution < -0.4 is 0 Å². The fraction of sp³-hybridized carbons (Fsp3) is 0.0769. The van der Waals surface area contributed by atoms with Crippen LogP contribution in [-0.4, -0.2) is 46.5 Å². The van der Waals surface area contributed by atoms with Crippen LogP contribution >= 0.6 is 0 Å². The fourth-order valence-corrected chi connectivity index (χ4v) is 2.57. The summed E-state index contributed by atoms with van der Waals surface area (Å²) in [7, 11) is 0. The van der Waals surface area contributed by atoms with E-state index in [4.69, 9.17) is 0 Å². The SMILES string of the molecule is C.C1=C=NN([B-](n2cccn2)(n2cccn2)n2cccn2)C=1. The molecule has 3 aromatic heterocycles. The maximum atomic E-state index is 4.39. The van der Waals surface area contributed by atoms with Gasteiger partial charge >= 0.3 is 6.69 Å². The molecule has 0 amide bonds. The van der Waals surface area contributed by atoms with Crippen LogP contribution in [-0.2, 0) is 0 Å². The summed E-state index contributed by atoms with van der Waals surface area (Å²) >= 11 is 0. The van der Waals surface area contributed by atoms with Gasteiger partial charge in [0.05, 0.1) is 5.87 Å². The zero-order valence-electron chi connectivity index (χ0n) is 10.9. The maximum absolute atomic E-state index is 4.39. The van der Waals surface area contributed by atoms with Crippen molar-refractivity contribution in [2.45, 2.75) is 7.43 Å². The van der Waals surface area contributed by atoms with Gasteiger partial charge in [-0.15, -0.1) is 0 Å². The molecular weight excluding hydrogens is 279 g/mol. The van der Waals surface area contributed by atoms with Crippen LogP contribution in [0.5, 0.6) is 0 Å². The van der Waals surface area contributed by atoms with Crippen LogP contribution in [0, 0.1) is 0 Å². The molecule has 0 N–H and O–H groups in total. The van der Waals surface area contributed by atoms with Crippen molar-refractivity contribution in [1.82, 2.24) is 34.0 Å². The topological polar surface area (TPSA) is 69.1 Å². The summed E-state index contributed by atoms with van der Waals surface area (Å²) in [4.78, 5) is 1.70. The first-order valence-corrected chi connectivity index (χ1v) is 6.40. The number of rotatable bonds is 4. The van der Waals surface area contributed by atoms with Crippen LogP contribution in [0.3, 0.4) is 0 Å². The number of nitrogens with zero attached hydrogens (tertiary/aromatic N) is 8. The Morgan fingerprint density at radius 1 is 0.773 bits per heavy atom. The van der Waals surface area contributed by atoms with Gasteiger partial charge in [0.25, 0.3) is 0 Å². The Morgan fingerprint density at radius 3 is 1.59 bits per heavy atom. The first-order chi connectivity index (χ1) is 10.4. The third kappa shape index (κ3) is 1.74. The van der Waals surface area contributed by atoms with Crippen LogP contribution in [0.4, 0.5) is 0 Å². The molecule has 0 aliphatic carbocycles. The van der Waals surface area contributed by atoms with E-state index in [9.17, 15) is 0 Å². The fourth-order valence-electron chi connectivity index (χ4n) is 2.57. The quantitative estimate of drug-likeness (QED) is 0.528. The molecule has 8 nitrogen and oxygen atoms in total. The third-order valence-electron chi connectivity index (χ3n) is 3.42. The summed E-state index contributed by atoms with van der Waals surface area (Å²) in [5.74, 6) is 2.70. The Bertz CT molecular complexity index is 721. The summed E-state index contributed by atoms with van der Waals surface area (Å²) in [5, 5.41) is 17.4. The van der Waals surface area contributed by atoms with Gasteiger partial charge in [0.2, 0.25) is 0 Å². The van der Waals surface area contributed by atoms with E-state index in [0.29, 0.717) is 0 Å². The molecule has 3 aromatic rings. The maximum Gasteiger partial charge on any atom is 0.467 e. The molecule has 0 atom stereocenters. The molecule has 4 rings (SSSR count). The summed E-state index contributed by atoms with van der Waals surface area (Å²) in [6.45, 7) is -1.90. The number of aromatic nitrogens is 6. The number of hydrogen-bond donors (Lipinski definition) is 0. The van der Waals surface area contributed by atoms with Gasteiger partial charge in [-0.1, -0.05) is 7.43 Å². The van der Waals surface area contributed by atoms with E-state index in [-0.39, 0.29) is 7.43 Å². The van der Waals surface area contributed by atoms with Crippen LogP contribution in [0.25, 0.3) is 0 Å². The highest BCUT2D eigenvalue weighted by molar-refractivity contribution is 6.72. The van der Waals surface area contributed by atoms with Crippen molar-refractivity contribution in [1.29, 1.82) is 0 Å². The van der Waals surface area contributed by atoms with Crippen LogP contribution in [0.1, 0.15) is 7.43 Å². The average molecular weight is 293 g/mol. The number of hydrazone groups is 1. The Balaban J connectivity index is 0.00000144. The van der Waals surface area contributed by atoms with Gasteiger partial charge in [0.15, 0.2) is 0 Å². The normalized spacial score (nSPS) is 12.8. The molecular formula is C13H14BN8-. The molecule has 0 unspecified atom stereocenters. The van der Waals surface area contributed by atoms with Gasteiger partial charge in [-0.2, -0.15) is 5.10 Å². The zero-order valence-corrected chi connectivity index (χ0v) is 10.9. The smallest absolute Gasteiger partial charge is 0.379 e. The molecule has 110 valence electrons. The minimum absolute atomic E-state index is 0. The van der Waals surface area contributed by atoms with Gasteiger partial charge in [0, 0.05) is 24.8 Å². The highest BCUT2D eigenvalue weighted by atomic mass is 15.6. The lowest BCUT2D eigenvalue weighted by Gasteiger charge is -2.45. The predicted octanol–water partition coefficient (Wildman–Crippen LogP) is 0.862. The second-order valence-corrected chi connectivity index (χ2v) is 4.52. The van der Waals surface area contributed by atoms with Gasteiger partial charge in [-0.05, 0) is 42.5 Å². The van der Waals surface area contributed by atoms with Gasteiger partial charge in [-0.25, -0.2) is 15.3 Å². The Morgan fingerprint density at radius 2 is 1.27 bits per heavy atom. The molecule has 0 spiro atoms. The summed E-state index contributed by atoms with van der Waals surface area (Å²) in [6, 6.07) is 5.54. The van der Waals surface area contributed by atoms with Crippen LogP contribution in [0.15, 0.2) is 72.4 Å². The monoisotopic (exact) mass is 293 g/mol. The molecule has 0 saturated heterocycles. The van der Waals surface area contributed by atoms with E-state index in [1.807, 2.05) is 36.8 Å². The molecule has 9 heteroatoms. The van der Waals surface area contributed by atoms with Crippen LogP contribution in [0.2, 0.25) is 0 Å². The molecule has 0 fully saturated rings. The van der Waals surface area contributed by atoms with Gasteiger partial charge < -0.3 is 18.7 Å². The van der Waals surface area contributed by atoms with E-state index in [1.165, 1.54) is 0 Å². The molecule has 0 radical (unpaired) electrons. The van der Waals surface area contributed by atoms with Crippen molar-refractivity contribution in [3.8, 4) is 0 Å². The van der Waals surface area contributed by atoms with E-state index >= 15 is 0 Å². The van der Waals surface area contributed by atoms with E-state index < -0.39 is 6.69 Å². The molecule has 4 heterocycles. The van der Waals surface area contributed by atoms with E-state index in [0.717, 1.165) is 0 Å². The summed E-state index contributed by atoms with van der Waals surface area (Å²) in [6.07, 6.45) is 12.4. The van der Waals surface area contributed by atoms with Crippen molar-refractivity contribution in [2.75, 3.05) is 0 Å². The Labute approximate surface area is 127 Å². The van der Waals surface area contributed by atoms with Crippen molar-refractivity contribution in [3.63, 3.8) is 0 Å². The predicted molar refractivity (Wildman–Crippen MR) is 82.7 cm³/mol. The Kier molecular flexibility index (Phi) is 3.27. The lowest BCUT2D eigenvalue weighted by Crippen LogP contribution is -2.67. The summed E-state index contributed by atoms with van der Waals surface area (Å²) in [5.41, 5.74) is 2.84. The first kappa shape index (κ1) is 13.7. The third-order valence-corrected chi connectivity index (χ3v) is 3.42. The summed E-state index contributed by atoms with van der Waals surface area (Å²) < 4.78 is 5.32. The molecule has 0 aromatic carbocycles.